The number of nitrogens with zero attached hydrogens (tertiary/aromatic N) is 1. The van der Waals surface area contributed by atoms with Gasteiger partial charge in [0.1, 0.15) is 5.75 Å². The van der Waals surface area contributed by atoms with Crippen LogP contribution in [-0.2, 0) is 21.2 Å². The van der Waals surface area contributed by atoms with Crippen molar-refractivity contribution >= 4 is 15.9 Å². The Bertz CT molecular complexity index is 914. The first-order chi connectivity index (χ1) is 14.5. The second-order valence-electron chi connectivity index (χ2n) is 7.58. The maximum absolute atomic E-state index is 13.1. The molecule has 0 aliphatic carbocycles. The lowest BCUT2D eigenvalue weighted by atomic mass is 10.0. The maximum atomic E-state index is 13.1. The first-order valence-corrected chi connectivity index (χ1v) is 11.9. The average molecular weight is 431 g/mol. The molecule has 0 radical (unpaired) electrons. The predicted octanol–water partition coefficient (Wildman–Crippen LogP) is 3.38. The number of carbonyl (C=O) groups excluding carboxylic acids is 1. The lowest BCUT2D eigenvalue weighted by Crippen LogP contribution is -2.46. The SMILES string of the molecule is COc1ccc(S(=O)(=O)N2CCCC[C@H]2CC(=O)NCCCc2ccccc2)cc1. The third kappa shape index (κ3) is 5.83. The number of amides is 1. The molecule has 1 aliphatic rings. The summed E-state index contributed by atoms with van der Waals surface area (Å²) < 4.78 is 32.9. The molecule has 162 valence electrons. The van der Waals surface area contributed by atoms with E-state index in [1.807, 2.05) is 18.2 Å². The number of methoxy groups -OCH3 is 1. The summed E-state index contributed by atoms with van der Waals surface area (Å²) in [5.74, 6) is 0.518. The van der Waals surface area contributed by atoms with Gasteiger partial charge in [-0.1, -0.05) is 36.8 Å². The van der Waals surface area contributed by atoms with Crippen molar-refractivity contribution in [3.63, 3.8) is 0 Å². The monoisotopic (exact) mass is 430 g/mol. The molecule has 0 unspecified atom stereocenters. The molecule has 1 heterocycles. The standard InChI is InChI=1S/C23H30N2O4S/c1-29-21-12-14-22(15-13-21)30(27,28)25-17-6-5-11-20(25)18-23(26)24-16-7-10-19-8-3-2-4-9-19/h2-4,8-9,12-15,20H,5-7,10-11,16-18H2,1H3,(H,24,26)/t20-/m0/s1. The van der Waals surface area contributed by atoms with Crippen LogP contribution in [0.25, 0.3) is 0 Å². The fraction of sp³-hybridized carbons (Fsp3) is 0.435. The molecule has 1 saturated heterocycles. The van der Waals surface area contributed by atoms with Gasteiger partial charge in [-0.15, -0.1) is 0 Å². The highest BCUT2D eigenvalue weighted by Gasteiger charge is 2.34. The van der Waals surface area contributed by atoms with Crippen molar-refractivity contribution in [2.45, 2.75) is 49.5 Å². The number of aryl methyl sites for hydroxylation is 1. The maximum Gasteiger partial charge on any atom is 0.243 e. The Morgan fingerprint density at radius 3 is 2.53 bits per heavy atom. The lowest BCUT2D eigenvalue weighted by molar-refractivity contribution is -0.122. The number of hydrogen-bond acceptors (Lipinski definition) is 4. The smallest absolute Gasteiger partial charge is 0.243 e. The van der Waals surface area contributed by atoms with Crippen LogP contribution in [0.1, 0.15) is 37.7 Å². The van der Waals surface area contributed by atoms with Gasteiger partial charge in [-0.2, -0.15) is 4.31 Å². The normalized spacial score (nSPS) is 17.4. The van der Waals surface area contributed by atoms with Crippen LogP contribution in [0.2, 0.25) is 0 Å². The summed E-state index contributed by atoms with van der Waals surface area (Å²) in [5, 5.41) is 2.95. The van der Waals surface area contributed by atoms with Gasteiger partial charge < -0.3 is 10.1 Å². The van der Waals surface area contributed by atoms with Gasteiger partial charge in [-0.25, -0.2) is 8.42 Å². The first kappa shape index (κ1) is 22.3. The molecule has 1 atom stereocenters. The molecule has 1 fully saturated rings. The van der Waals surface area contributed by atoms with Crippen molar-refractivity contribution in [3.8, 4) is 5.75 Å². The second kappa shape index (κ2) is 10.6. The highest BCUT2D eigenvalue weighted by Crippen LogP contribution is 2.28. The van der Waals surface area contributed by atoms with Crippen molar-refractivity contribution in [3.05, 3.63) is 60.2 Å². The molecule has 0 bridgehead atoms. The number of ether oxygens (including phenoxy) is 1. The van der Waals surface area contributed by atoms with Crippen molar-refractivity contribution in [1.82, 2.24) is 9.62 Å². The number of nitrogens with one attached hydrogen (secondary N) is 1. The van der Waals surface area contributed by atoms with Gasteiger partial charge in [-0.05, 0) is 55.5 Å². The minimum Gasteiger partial charge on any atom is -0.497 e. The number of hydrogen-bond donors (Lipinski definition) is 1. The van der Waals surface area contributed by atoms with E-state index in [9.17, 15) is 13.2 Å². The third-order valence-electron chi connectivity index (χ3n) is 5.47. The van der Waals surface area contributed by atoms with E-state index in [0.29, 0.717) is 25.3 Å². The Morgan fingerprint density at radius 1 is 1.10 bits per heavy atom. The molecule has 1 N–H and O–H groups in total. The van der Waals surface area contributed by atoms with Crippen molar-refractivity contribution < 1.29 is 17.9 Å². The van der Waals surface area contributed by atoms with Gasteiger partial charge in [0.05, 0.1) is 12.0 Å². The Balaban J connectivity index is 1.56. The molecule has 0 aromatic heterocycles. The van der Waals surface area contributed by atoms with Crippen LogP contribution in [0.5, 0.6) is 5.75 Å². The minimum atomic E-state index is -3.65. The number of piperidine rings is 1. The number of rotatable bonds is 9. The predicted molar refractivity (Wildman–Crippen MR) is 117 cm³/mol. The van der Waals surface area contributed by atoms with Gasteiger partial charge in [0.25, 0.3) is 0 Å². The quantitative estimate of drug-likeness (QED) is 0.619. The van der Waals surface area contributed by atoms with Crippen LogP contribution in [0, 0.1) is 0 Å². The summed E-state index contributed by atoms with van der Waals surface area (Å²) >= 11 is 0. The highest BCUT2D eigenvalue weighted by atomic mass is 32.2. The summed E-state index contributed by atoms with van der Waals surface area (Å²) in [6.45, 7) is 1.03. The van der Waals surface area contributed by atoms with E-state index in [2.05, 4.69) is 17.4 Å². The van der Waals surface area contributed by atoms with Crippen molar-refractivity contribution in [2.75, 3.05) is 20.2 Å². The Morgan fingerprint density at radius 2 is 1.83 bits per heavy atom. The van der Waals surface area contributed by atoms with Crippen molar-refractivity contribution in [2.24, 2.45) is 0 Å². The van der Waals surface area contributed by atoms with Crippen LogP contribution in [0.15, 0.2) is 59.5 Å². The van der Waals surface area contributed by atoms with Crippen LogP contribution >= 0.6 is 0 Å². The van der Waals surface area contributed by atoms with Gasteiger partial charge in [0, 0.05) is 25.6 Å². The Hall–Kier alpha value is -2.38. The second-order valence-corrected chi connectivity index (χ2v) is 9.47. The molecule has 0 spiro atoms. The topological polar surface area (TPSA) is 75.7 Å². The molecule has 0 saturated carbocycles. The third-order valence-corrected chi connectivity index (χ3v) is 7.43. The number of sulfonamides is 1. The first-order valence-electron chi connectivity index (χ1n) is 10.5. The number of benzene rings is 2. The number of carbonyl (C=O) groups is 1. The summed E-state index contributed by atoms with van der Waals surface area (Å²) in [7, 11) is -2.10. The van der Waals surface area contributed by atoms with Gasteiger partial charge >= 0.3 is 0 Å². The summed E-state index contributed by atoms with van der Waals surface area (Å²) in [6.07, 6.45) is 4.40. The summed E-state index contributed by atoms with van der Waals surface area (Å²) in [6, 6.07) is 16.3. The van der Waals surface area contributed by atoms with Gasteiger partial charge in [-0.3, -0.25) is 4.79 Å². The van der Waals surface area contributed by atoms with E-state index in [-0.39, 0.29) is 23.3 Å². The molecule has 2 aromatic carbocycles. The van der Waals surface area contributed by atoms with E-state index >= 15 is 0 Å². The van der Waals surface area contributed by atoms with E-state index in [0.717, 1.165) is 25.7 Å². The van der Waals surface area contributed by atoms with Gasteiger partial charge in [0.15, 0.2) is 0 Å². The van der Waals surface area contributed by atoms with Crippen LogP contribution in [0.3, 0.4) is 0 Å². The van der Waals surface area contributed by atoms with E-state index in [1.54, 1.807) is 31.4 Å². The Kier molecular flexibility index (Phi) is 7.87. The molecule has 3 rings (SSSR count). The zero-order chi connectivity index (χ0) is 21.4. The fourth-order valence-corrected chi connectivity index (χ4v) is 5.52. The largest absolute Gasteiger partial charge is 0.497 e. The molecule has 6 nitrogen and oxygen atoms in total. The molecular formula is C23H30N2O4S. The lowest BCUT2D eigenvalue weighted by Gasteiger charge is -2.34. The highest BCUT2D eigenvalue weighted by molar-refractivity contribution is 7.89. The van der Waals surface area contributed by atoms with Crippen LogP contribution in [-0.4, -0.2) is 44.9 Å². The molecule has 7 heteroatoms. The van der Waals surface area contributed by atoms with Gasteiger partial charge in [0.2, 0.25) is 15.9 Å². The zero-order valence-corrected chi connectivity index (χ0v) is 18.2. The van der Waals surface area contributed by atoms with E-state index in [4.69, 9.17) is 4.74 Å². The average Bonchev–Trinajstić information content (AvgIpc) is 2.78. The fourth-order valence-electron chi connectivity index (χ4n) is 3.83. The zero-order valence-electron chi connectivity index (χ0n) is 17.4. The summed E-state index contributed by atoms with van der Waals surface area (Å²) in [5.41, 5.74) is 1.25. The summed E-state index contributed by atoms with van der Waals surface area (Å²) in [4.78, 5) is 12.7. The Labute approximate surface area is 179 Å². The molecular weight excluding hydrogens is 400 g/mol. The van der Waals surface area contributed by atoms with Crippen LogP contribution in [0.4, 0.5) is 0 Å². The van der Waals surface area contributed by atoms with Crippen molar-refractivity contribution in [1.29, 1.82) is 0 Å². The van der Waals surface area contributed by atoms with Crippen LogP contribution < -0.4 is 10.1 Å². The minimum absolute atomic E-state index is 0.0927. The van der Waals surface area contributed by atoms with E-state index in [1.165, 1.54) is 9.87 Å². The van der Waals surface area contributed by atoms with E-state index < -0.39 is 10.0 Å². The molecule has 1 amide bonds. The molecule has 30 heavy (non-hydrogen) atoms. The molecule has 1 aliphatic heterocycles. The molecule has 2 aromatic rings.